The van der Waals surface area contributed by atoms with E-state index >= 15 is 0 Å². The maximum absolute atomic E-state index is 2.00. The zero-order valence-electron chi connectivity index (χ0n) is 15.9. The standard InChI is InChI=1S/C23H43/c1-2-6-10-14-18-22(19-15-11-7-3-1)23-20-16-12-8-4-5-9-13-17-21-23/h23H,1-21H2. The summed E-state index contributed by atoms with van der Waals surface area (Å²) >= 11 is 0. The van der Waals surface area contributed by atoms with Crippen LogP contribution in [0.5, 0.6) is 0 Å². The highest BCUT2D eigenvalue weighted by molar-refractivity contribution is 4.96. The zero-order valence-corrected chi connectivity index (χ0v) is 15.9. The molecular formula is C23H43. The first-order valence-corrected chi connectivity index (χ1v) is 11.3. The molecule has 0 aromatic heterocycles. The molecule has 0 N–H and O–H groups in total. The van der Waals surface area contributed by atoms with Crippen molar-refractivity contribution < 1.29 is 0 Å². The Morgan fingerprint density at radius 3 is 1.04 bits per heavy atom. The van der Waals surface area contributed by atoms with Gasteiger partial charge in [-0.05, 0) is 37.5 Å². The highest BCUT2D eigenvalue weighted by Crippen LogP contribution is 2.35. The minimum atomic E-state index is 0.996. The van der Waals surface area contributed by atoms with Crippen LogP contribution in [-0.4, -0.2) is 0 Å². The minimum Gasteiger partial charge on any atom is -0.0533 e. The van der Waals surface area contributed by atoms with E-state index in [0.717, 1.165) is 5.92 Å². The average Bonchev–Trinajstić information content (AvgIpc) is 2.61. The Hall–Kier alpha value is 0. The van der Waals surface area contributed by atoms with Crippen molar-refractivity contribution in [2.24, 2.45) is 5.92 Å². The van der Waals surface area contributed by atoms with E-state index in [4.69, 9.17) is 0 Å². The van der Waals surface area contributed by atoms with Crippen LogP contribution in [0.3, 0.4) is 0 Å². The molecule has 0 nitrogen and oxygen atoms in total. The van der Waals surface area contributed by atoms with E-state index in [-0.39, 0.29) is 0 Å². The van der Waals surface area contributed by atoms with E-state index in [2.05, 4.69) is 0 Å². The predicted octanol–water partition coefficient (Wildman–Crippen LogP) is 8.40. The van der Waals surface area contributed by atoms with Crippen molar-refractivity contribution in [1.82, 2.24) is 0 Å². The molecule has 0 heterocycles. The number of rotatable bonds is 1. The fourth-order valence-corrected chi connectivity index (χ4v) is 4.87. The summed E-state index contributed by atoms with van der Waals surface area (Å²) in [6, 6.07) is 0. The molecule has 0 spiro atoms. The van der Waals surface area contributed by atoms with Crippen LogP contribution in [0.15, 0.2) is 0 Å². The molecule has 135 valence electrons. The lowest BCUT2D eigenvalue weighted by Crippen LogP contribution is -2.14. The minimum absolute atomic E-state index is 0.996. The second kappa shape index (κ2) is 13.3. The molecule has 2 aliphatic carbocycles. The van der Waals surface area contributed by atoms with Crippen LogP contribution < -0.4 is 0 Å². The Balaban J connectivity index is 1.82. The molecule has 0 atom stereocenters. The van der Waals surface area contributed by atoms with Gasteiger partial charge in [-0.1, -0.05) is 109 Å². The highest BCUT2D eigenvalue weighted by Gasteiger charge is 2.21. The van der Waals surface area contributed by atoms with Crippen LogP contribution in [0, 0.1) is 11.8 Å². The molecular weight excluding hydrogens is 276 g/mol. The van der Waals surface area contributed by atoms with Crippen molar-refractivity contribution in [2.45, 2.75) is 135 Å². The number of hydrogen-bond acceptors (Lipinski definition) is 0. The maximum Gasteiger partial charge on any atom is -0.0210 e. The van der Waals surface area contributed by atoms with Crippen LogP contribution in [0.4, 0.5) is 0 Å². The summed E-state index contributed by atoms with van der Waals surface area (Å²) in [5.41, 5.74) is 0. The smallest absolute Gasteiger partial charge is 0.0210 e. The SMILES string of the molecule is C1CCCCC[C](C2CCCCCCCCCC2)CCCCC1. The van der Waals surface area contributed by atoms with E-state index in [1.54, 1.807) is 0 Å². The summed E-state index contributed by atoms with van der Waals surface area (Å²) in [5, 5.41) is 0. The van der Waals surface area contributed by atoms with Gasteiger partial charge in [0.2, 0.25) is 0 Å². The van der Waals surface area contributed by atoms with E-state index in [9.17, 15) is 0 Å². The lowest BCUT2D eigenvalue weighted by atomic mass is 9.78. The molecule has 0 unspecified atom stereocenters. The Bertz CT molecular complexity index is 233. The molecule has 0 amide bonds. The molecule has 23 heavy (non-hydrogen) atoms. The van der Waals surface area contributed by atoms with Gasteiger partial charge in [0.1, 0.15) is 0 Å². The fraction of sp³-hybridized carbons (Fsp3) is 0.957. The van der Waals surface area contributed by atoms with Crippen molar-refractivity contribution in [3.63, 3.8) is 0 Å². The number of hydrogen-bond donors (Lipinski definition) is 0. The van der Waals surface area contributed by atoms with E-state index < -0.39 is 0 Å². The van der Waals surface area contributed by atoms with Gasteiger partial charge < -0.3 is 0 Å². The first kappa shape index (κ1) is 19.3. The van der Waals surface area contributed by atoms with Crippen LogP contribution in [0.1, 0.15) is 135 Å². The van der Waals surface area contributed by atoms with E-state index in [0.29, 0.717) is 0 Å². The quantitative estimate of drug-likeness (QED) is 0.455. The highest BCUT2D eigenvalue weighted by atomic mass is 14.3. The van der Waals surface area contributed by atoms with Crippen LogP contribution >= 0.6 is 0 Å². The molecule has 0 saturated heterocycles. The molecule has 2 aliphatic rings. The molecule has 2 saturated carbocycles. The Labute approximate surface area is 147 Å². The van der Waals surface area contributed by atoms with Gasteiger partial charge in [0, 0.05) is 0 Å². The molecule has 1 radical (unpaired) electrons. The first-order chi connectivity index (χ1) is 11.5. The summed E-state index contributed by atoms with van der Waals surface area (Å²) in [5.74, 6) is 3.00. The van der Waals surface area contributed by atoms with Gasteiger partial charge in [-0.2, -0.15) is 0 Å². The fourth-order valence-electron chi connectivity index (χ4n) is 4.87. The van der Waals surface area contributed by atoms with Gasteiger partial charge in [-0.3, -0.25) is 0 Å². The van der Waals surface area contributed by atoms with Crippen LogP contribution in [0.2, 0.25) is 0 Å². The first-order valence-electron chi connectivity index (χ1n) is 11.3. The van der Waals surface area contributed by atoms with Gasteiger partial charge in [0.15, 0.2) is 0 Å². The molecule has 0 bridgehead atoms. The van der Waals surface area contributed by atoms with Gasteiger partial charge in [-0.15, -0.1) is 0 Å². The van der Waals surface area contributed by atoms with Crippen LogP contribution in [-0.2, 0) is 0 Å². The zero-order chi connectivity index (χ0) is 16.0. The summed E-state index contributed by atoms with van der Waals surface area (Å²) in [6.07, 6.45) is 31.5. The molecule has 0 aromatic carbocycles. The van der Waals surface area contributed by atoms with Crippen molar-refractivity contribution in [2.75, 3.05) is 0 Å². The molecule has 0 aliphatic heterocycles. The summed E-state index contributed by atoms with van der Waals surface area (Å²) in [4.78, 5) is 0. The Kier molecular flexibility index (Phi) is 11.2. The third kappa shape index (κ3) is 9.16. The molecule has 2 rings (SSSR count). The summed E-state index contributed by atoms with van der Waals surface area (Å²) in [6.45, 7) is 0. The third-order valence-corrected chi connectivity index (χ3v) is 6.43. The summed E-state index contributed by atoms with van der Waals surface area (Å²) in [7, 11) is 0. The van der Waals surface area contributed by atoms with Crippen molar-refractivity contribution >= 4 is 0 Å². The predicted molar refractivity (Wildman–Crippen MR) is 104 cm³/mol. The van der Waals surface area contributed by atoms with Gasteiger partial charge in [-0.25, -0.2) is 0 Å². The second-order valence-corrected chi connectivity index (χ2v) is 8.44. The third-order valence-electron chi connectivity index (χ3n) is 6.43. The lowest BCUT2D eigenvalue weighted by molar-refractivity contribution is 0.375. The molecule has 0 heteroatoms. The second-order valence-electron chi connectivity index (χ2n) is 8.44. The van der Waals surface area contributed by atoms with Crippen molar-refractivity contribution in [1.29, 1.82) is 0 Å². The van der Waals surface area contributed by atoms with E-state index in [1.165, 1.54) is 135 Å². The largest absolute Gasteiger partial charge is 0.0533 e. The maximum atomic E-state index is 2.00. The molecule has 0 aromatic rings. The summed E-state index contributed by atoms with van der Waals surface area (Å²) < 4.78 is 0. The van der Waals surface area contributed by atoms with Crippen LogP contribution in [0.25, 0.3) is 0 Å². The van der Waals surface area contributed by atoms with Crippen molar-refractivity contribution in [3.05, 3.63) is 5.92 Å². The molecule has 2 fully saturated rings. The Morgan fingerprint density at radius 1 is 0.348 bits per heavy atom. The average molecular weight is 320 g/mol. The van der Waals surface area contributed by atoms with E-state index in [1.807, 2.05) is 5.92 Å². The monoisotopic (exact) mass is 319 g/mol. The van der Waals surface area contributed by atoms with Gasteiger partial charge in [0.05, 0.1) is 0 Å². The Morgan fingerprint density at radius 2 is 0.652 bits per heavy atom. The van der Waals surface area contributed by atoms with Gasteiger partial charge in [0.25, 0.3) is 0 Å². The normalized spacial score (nSPS) is 26.6. The van der Waals surface area contributed by atoms with Gasteiger partial charge >= 0.3 is 0 Å². The lowest BCUT2D eigenvalue weighted by Gasteiger charge is -2.27. The van der Waals surface area contributed by atoms with Crippen molar-refractivity contribution in [3.8, 4) is 0 Å². The topological polar surface area (TPSA) is 0 Å².